The number of urea groups is 1. The van der Waals surface area contributed by atoms with Crippen molar-refractivity contribution in [3.05, 3.63) is 18.1 Å². The molecule has 0 bridgehead atoms. The second-order valence-electron chi connectivity index (χ2n) is 6.47. The molecule has 3 saturated heterocycles. The van der Waals surface area contributed by atoms with E-state index >= 15 is 0 Å². The van der Waals surface area contributed by atoms with Crippen LogP contribution in [0.25, 0.3) is 0 Å². The fraction of sp³-hybridized carbons (Fsp3) is 0.600. The molecule has 9 nitrogen and oxygen atoms in total. The number of rotatable bonds is 2. The van der Waals surface area contributed by atoms with E-state index in [0.29, 0.717) is 57.4 Å². The van der Waals surface area contributed by atoms with E-state index in [4.69, 9.17) is 4.74 Å². The van der Waals surface area contributed by atoms with Gasteiger partial charge in [0.15, 0.2) is 0 Å². The Balaban J connectivity index is 1.46. The molecule has 1 aromatic rings. The Kier molecular flexibility index (Phi) is 3.52. The van der Waals surface area contributed by atoms with Crippen LogP contribution in [0.5, 0.6) is 0 Å². The molecule has 0 saturated carbocycles. The summed E-state index contributed by atoms with van der Waals surface area (Å²) in [6, 6.07) is -0.0445. The minimum atomic E-state index is -0.178. The van der Waals surface area contributed by atoms with Crippen LogP contribution >= 0.6 is 0 Å². The Labute approximate surface area is 139 Å². The van der Waals surface area contributed by atoms with Gasteiger partial charge in [-0.15, -0.1) is 0 Å². The van der Waals surface area contributed by atoms with Crippen LogP contribution in [0.15, 0.2) is 12.4 Å². The summed E-state index contributed by atoms with van der Waals surface area (Å²) in [7, 11) is 1.81. The van der Waals surface area contributed by atoms with Gasteiger partial charge in [0.2, 0.25) is 0 Å². The van der Waals surface area contributed by atoms with E-state index in [1.807, 2.05) is 11.9 Å². The summed E-state index contributed by atoms with van der Waals surface area (Å²) in [5.74, 6) is 0.560. The first-order chi connectivity index (χ1) is 11.6. The molecular formula is C15H20N6O3. The van der Waals surface area contributed by atoms with Gasteiger partial charge in [-0.05, 0) is 0 Å². The van der Waals surface area contributed by atoms with E-state index < -0.39 is 0 Å². The van der Waals surface area contributed by atoms with Crippen molar-refractivity contribution in [1.29, 1.82) is 0 Å². The maximum Gasteiger partial charge on any atom is 0.317 e. The molecule has 3 aliphatic heterocycles. The third kappa shape index (κ3) is 2.35. The van der Waals surface area contributed by atoms with Crippen LogP contribution in [0, 0.1) is 0 Å². The molecule has 3 amide bonds. The lowest BCUT2D eigenvalue weighted by molar-refractivity contribution is 0.0298. The van der Waals surface area contributed by atoms with Gasteiger partial charge < -0.3 is 24.8 Å². The molecule has 24 heavy (non-hydrogen) atoms. The minimum Gasteiger partial charge on any atom is -0.378 e. The molecule has 128 valence electrons. The summed E-state index contributed by atoms with van der Waals surface area (Å²) in [6.45, 7) is 4.28. The number of likely N-dealkylation sites (N-methyl/N-ethyl adjacent to an activating group) is 1. The second-order valence-corrected chi connectivity index (χ2v) is 6.47. The fourth-order valence-corrected chi connectivity index (χ4v) is 3.38. The average Bonchev–Trinajstić information content (AvgIpc) is 2.89. The van der Waals surface area contributed by atoms with Gasteiger partial charge in [0.1, 0.15) is 11.5 Å². The molecule has 3 aliphatic rings. The highest BCUT2D eigenvalue weighted by molar-refractivity contribution is 5.92. The fourth-order valence-electron chi connectivity index (χ4n) is 3.38. The molecule has 4 heterocycles. The molecular weight excluding hydrogens is 312 g/mol. The zero-order valence-electron chi connectivity index (χ0n) is 13.6. The molecule has 0 aliphatic carbocycles. The first kappa shape index (κ1) is 15.1. The van der Waals surface area contributed by atoms with Crippen molar-refractivity contribution in [3.8, 4) is 0 Å². The Morgan fingerprint density at radius 1 is 1.29 bits per heavy atom. The molecule has 0 atom stereocenters. The van der Waals surface area contributed by atoms with Gasteiger partial charge in [0, 0.05) is 39.8 Å². The molecule has 9 heteroatoms. The van der Waals surface area contributed by atoms with Crippen molar-refractivity contribution < 1.29 is 14.3 Å². The van der Waals surface area contributed by atoms with Crippen LogP contribution in [0.3, 0.4) is 0 Å². The number of anilines is 1. The van der Waals surface area contributed by atoms with Crippen LogP contribution in [0.1, 0.15) is 10.5 Å². The standard InChI is InChI=1S/C15H20N6O3/c1-19-14(23)17-8-15(19)9-21(10-15)12-7-16-6-11(18-12)13(22)20-2-4-24-5-3-20/h6-7H,2-5,8-10H2,1H3,(H,17,23). The lowest BCUT2D eigenvalue weighted by Crippen LogP contribution is -2.69. The Morgan fingerprint density at radius 3 is 2.71 bits per heavy atom. The van der Waals surface area contributed by atoms with Gasteiger partial charge in [-0.25, -0.2) is 9.78 Å². The zero-order valence-corrected chi connectivity index (χ0v) is 13.6. The molecule has 4 rings (SSSR count). The van der Waals surface area contributed by atoms with Crippen molar-refractivity contribution in [2.45, 2.75) is 5.54 Å². The van der Waals surface area contributed by atoms with E-state index in [-0.39, 0.29) is 17.5 Å². The molecule has 0 aromatic carbocycles. The highest BCUT2D eigenvalue weighted by Crippen LogP contribution is 2.32. The number of ether oxygens (including phenoxy) is 1. The molecule has 1 spiro atoms. The first-order valence-electron chi connectivity index (χ1n) is 8.05. The molecule has 1 aromatic heterocycles. The van der Waals surface area contributed by atoms with Crippen molar-refractivity contribution in [2.75, 3.05) is 57.9 Å². The van der Waals surface area contributed by atoms with Crippen molar-refractivity contribution >= 4 is 17.8 Å². The van der Waals surface area contributed by atoms with E-state index in [9.17, 15) is 9.59 Å². The molecule has 3 fully saturated rings. The quantitative estimate of drug-likeness (QED) is 0.760. The lowest BCUT2D eigenvalue weighted by atomic mass is 9.89. The third-order valence-corrected chi connectivity index (χ3v) is 5.02. The van der Waals surface area contributed by atoms with Gasteiger partial charge in [0.25, 0.3) is 5.91 Å². The third-order valence-electron chi connectivity index (χ3n) is 5.02. The van der Waals surface area contributed by atoms with Crippen LogP contribution in [-0.2, 0) is 4.74 Å². The predicted octanol–water partition coefficient (Wildman–Crippen LogP) is -0.837. The summed E-state index contributed by atoms with van der Waals surface area (Å²) in [5, 5.41) is 2.86. The summed E-state index contributed by atoms with van der Waals surface area (Å²) in [6.07, 6.45) is 3.16. The van der Waals surface area contributed by atoms with Gasteiger partial charge in [-0.2, -0.15) is 0 Å². The molecule has 1 N–H and O–H groups in total. The van der Waals surface area contributed by atoms with Crippen molar-refractivity contribution in [3.63, 3.8) is 0 Å². The van der Waals surface area contributed by atoms with Gasteiger partial charge in [-0.1, -0.05) is 0 Å². The van der Waals surface area contributed by atoms with E-state index in [0.717, 1.165) is 0 Å². The predicted molar refractivity (Wildman–Crippen MR) is 84.9 cm³/mol. The van der Waals surface area contributed by atoms with Crippen molar-refractivity contribution in [1.82, 2.24) is 25.1 Å². The van der Waals surface area contributed by atoms with E-state index in [2.05, 4.69) is 15.3 Å². The number of nitrogens with one attached hydrogen (secondary N) is 1. The summed E-state index contributed by atoms with van der Waals surface area (Å²) < 4.78 is 5.27. The highest BCUT2D eigenvalue weighted by Gasteiger charge is 2.52. The second kappa shape index (κ2) is 5.59. The number of amides is 3. The van der Waals surface area contributed by atoms with Gasteiger partial charge in [0.05, 0.1) is 31.1 Å². The van der Waals surface area contributed by atoms with Crippen LogP contribution in [0.2, 0.25) is 0 Å². The SMILES string of the molecule is CN1C(=O)NCC12CN(c1cncc(C(=O)N3CCOCC3)n1)C2. The highest BCUT2D eigenvalue weighted by atomic mass is 16.5. The van der Waals surface area contributed by atoms with E-state index in [1.54, 1.807) is 16.0 Å². The van der Waals surface area contributed by atoms with Crippen LogP contribution in [-0.4, -0.2) is 90.2 Å². The van der Waals surface area contributed by atoms with Crippen molar-refractivity contribution in [2.24, 2.45) is 0 Å². The Morgan fingerprint density at radius 2 is 2.04 bits per heavy atom. The Bertz CT molecular complexity index is 669. The minimum absolute atomic E-state index is 0.0445. The lowest BCUT2D eigenvalue weighted by Gasteiger charge is -2.50. The average molecular weight is 332 g/mol. The molecule has 0 unspecified atom stereocenters. The van der Waals surface area contributed by atoms with Gasteiger partial charge >= 0.3 is 6.03 Å². The normalized spacial score (nSPS) is 22.5. The maximum atomic E-state index is 12.5. The van der Waals surface area contributed by atoms with Gasteiger partial charge in [-0.3, -0.25) is 9.78 Å². The number of nitrogens with zero attached hydrogens (tertiary/aromatic N) is 5. The number of morpholine rings is 1. The van der Waals surface area contributed by atoms with E-state index in [1.165, 1.54) is 6.20 Å². The monoisotopic (exact) mass is 332 g/mol. The summed E-state index contributed by atoms with van der Waals surface area (Å²) in [4.78, 5) is 38.3. The van der Waals surface area contributed by atoms with Crippen LogP contribution in [0.4, 0.5) is 10.6 Å². The number of aromatic nitrogens is 2. The first-order valence-corrected chi connectivity index (χ1v) is 8.05. The topological polar surface area (TPSA) is 90.9 Å². The number of hydrogen-bond acceptors (Lipinski definition) is 6. The zero-order chi connectivity index (χ0) is 16.7. The summed E-state index contributed by atoms with van der Waals surface area (Å²) in [5.41, 5.74) is 0.174. The summed E-state index contributed by atoms with van der Waals surface area (Å²) >= 11 is 0. The largest absolute Gasteiger partial charge is 0.378 e. The van der Waals surface area contributed by atoms with Crippen LogP contribution < -0.4 is 10.2 Å². The smallest absolute Gasteiger partial charge is 0.317 e. The number of hydrogen-bond donors (Lipinski definition) is 1. The molecule has 0 radical (unpaired) electrons. The number of carbonyl (C=O) groups is 2. The Hall–Kier alpha value is -2.42. The maximum absolute atomic E-state index is 12.5. The number of carbonyl (C=O) groups excluding carboxylic acids is 2.